The predicted molar refractivity (Wildman–Crippen MR) is 132 cm³/mol. The SMILES string of the molecule is COc1cc2ccccc2cc1C(=O)N(CCN(C)C)c1nc2c(C)cccc2s1.Cl. The molecule has 0 aliphatic heterocycles. The van der Waals surface area contributed by atoms with Crippen LogP contribution in [0.15, 0.2) is 54.6 Å². The van der Waals surface area contributed by atoms with E-state index in [0.717, 1.165) is 33.1 Å². The van der Waals surface area contributed by atoms with Crippen LogP contribution in [0, 0.1) is 6.92 Å². The fourth-order valence-electron chi connectivity index (χ4n) is 3.47. The Bertz CT molecular complexity index is 1220. The number of methoxy groups -OCH3 is 1. The number of aromatic nitrogens is 1. The van der Waals surface area contributed by atoms with Gasteiger partial charge in [0.05, 0.1) is 22.9 Å². The van der Waals surface area contributed by atoms with E-state index in [1.54, 1.807) is 23.3 Å². The topological polar surface area (TPSA) is 45.7 Å². The zero-order valence-electron chi connectivity index (χ0n) is 18.1. The Balaban J connectivity index is 0.00000272. The fraction of sp³-hybridized carbons (Fsp3) is 0.250. The average Bonchev–Trinajstić information content (AvgIpc) is 3.18. The van der Waals surface area contributed by atoms with Crippen molar-refractivity contribution in [3.8, 4) is 5.75 Å². The standard InChI is InChI=1S/C24H25N3O2S.ClH/c1-16-8-7-11-21-22(16)25-24(30-21)27(13-12-26(2)3)23(28)19-14-17-9-5-6-10-18(17)15-20(19)29-4;/h5-11,14-15H,12-13H2,1-4H3;1H. The van der Waals surface area contributed by atoms with E-state index in [-0.39, 0.29) is 18.3 Å². The highest BCUT2D eigenvalue weighted by Crippen LogP contribution is 2.33. The van der Waals surface area contributed by atoms with Gasteiger partial charge in [-0.15, -0.1) is 12.4 Å². The third-order valence-electron chi connectivity index (χ3n) is 5.15. The van der Waals surface area contributed by atoms with Gasteiger partial charge in [-0.1, -0.05) is 47.7 Å². The monoisotopic (exact) mass is 455 g/mol. The Morgan fingerprint density at radius 2 is 1.74 bits per heavy atom. The van der Waals surface area contributed by atoms with E-state index in [4.69, 9.17) is 9.72 Å². The van der Waals surface area contributed by atoms with Crippen molar-refractivity contribution in [2.24, 2.45) is 0 Å². The summed E-state index contributed by atoms with van der Waals surface area (Å²) in [5, 5.41) is 2.76. The van der Waals surface area contributed by atoms with Gasteiger partial charge in [0.2, 0.25) is 0 Å². The first-order valence-corrected chi connectivity index (χ1v) is 10.7. The maximum absolute atomic E-state index is 13.7. The molecule has 0 spiro atoms. The van der Waals surface area contributed by atoms with Crippen LogP contribution in [0.5, 0.6) is 5.75 Å². The Hall–Kier alpha value is -2.67. The van der Waals surface area contributed by atoms with Crippen LogP contribution in [0.4, 0.5) is 5.13 Å². The molecule has 4 aromatic rings. The van der Waals surface area contributed by atoms with Crippen LogP contribution in [0.1, 0.15) is 15.9 Å². The summed E-state index contributed by atoms with van der Waals surface area (Å²) in [7, 11) is 5.61. The van der Waals surface area contributed by atoms with Gasteiger partial charge in [-0.3, -0.25) is 9.69 Å². The van der Waals surface area contributed by atoms with Gasteiger partial charge in [0, 0.05) is 13.1 Å². The number of ether oxygens (including phenoxy) is 1. The summed E-state index contributed by atoms with van der Waals surface area (Å²) in [5.74, 6) is 0.474. The summed E-state index contributed by atoms with van der Waals surface area (Å²) < 4.78 is 6.67. The van der Waals surface area contributed by atoms with Crippen LogP contribution in [0.25, 0.3) is 21.0 Å². The number of thiazole rings is 1. The molecular weight excluding hydrogens is 430 g/mol. The van der Waals surface area contributed by atoms with E-state index in [0.29, 0.717) is 23.0 Å². The number of para-hydroxylation sites is 1. The lowest BCUT2D eigenvalue weighted by Gasteiger charge is -2.23. The maximum Gasteiger partial charge on any atom is 0.263 e. The first-order chi connectivity index (χ1) is 14.5. The summed E-state index contributed by atoms with van der Waals surface area (Å²) in [4.78, 5) is 22.4. The number of likely N-dealkylation sites (N-methyl/N-ethyl adjacent to an activating group) is 1. The first-order valence-electron chi connectivity index (χ1n) is 9.87. The number of halogens is 1. The Morgan fingerprint density at radius 1 is 1.03 bits per heavy atom. The summed E-state index contributed by atoms with van der Waals surface area (Å²) in [6.45, 7) is 3.32. The van der Waals surface area contributed by atoms with Gasteiger partial charge < -0.3 is 9.64 Å². The average molecular weight is 456 g/mol. The lowest BCUT2D eigenvalue weighted by molar-refractivity contribution is 0.0982. The zero-order chi connectivity index (χ0) is 21.3. The number of anilines is 1. The minimum absolute atomic E-state index is 0. The highest BCUT2D eigenvalue weighted by Gasteiger charge is 2.25. The molecule has 31 heavy (non-hydrogen) atoms. The summed E-state index contributed by atoms with van der Waals surface area (Å²) >= 11 is 1.55. The van der Waals surface area contributed by atoms with E-state index >= 15 is 0 Å². The lowest BCUT2D eigenvalue weighted by atomic mass is 10.0. The molecule has 7 heteroatoms. The highest BCUT2D eigenvalue weighted by molar-refractivity contribution is 7.22. The summed E-state index contributed by atoms with van der Waals surface area (Å²) in [6.07, 6.45) is 0. The van der Waals surface area contributed by atoms with Gasteiger partial charge in [-0.2, -0.15) is 0 Å². The predicted octanol–water partition coefficient (Wildman–Crippen LogP) is 5.40. The molecule has 1 heterocycles. The van der Waals surface area contributed by atoms with Crippen molar-refractivity contribution >= 4 is 55.8 Å². The highest BCUT2D eigenvalue weighted by atomic mass is 35.5. The molecule has 0 unspecified atom stereocenters. The van der Waals surface area contributed by atoms with Crippen molar-refractivity contribution in [2.45, 2.75) is 6.92 Å². The molecule has 0 bridgehead atoms. The molecule has 0 fully saturated rings. The first kappa shape index (κ1) is 23.0. The smallest absolute Gasteiger partial charge is 0.263 e. The number of amides is 1. The molecule has 5 nitrogen and oxygen atoms in total. The van der Waals surface area contributed by atoms with Crippen molar-refractivity contribution in [3.63, 3.8) is 0 Å². The largest absolute Gasteiger partial charge is 0.496 e. The van der Waals surface area contributed by atoms with Gasteiger partial charge in [0.1, 0.15) is 5.75 Å². The molecule has 1 amide bonds. The molecule has 0 radical (unpaired) electrons. The van der Waals surface area contributed by atoms with Crippen LogP contribution >= 0.6 is 23.7 Å². The summed E-state index contributed by atoms with van der Waals surface area (Å²) in [5.41, 5.74) is 2.61. The Morgan fingerprint density at radius 3 is 2.39 bits per heavy atom. The van der Waals surface area contributed by atoms with Gasteiger partial charge in [-0.05, 0) is 55.6 Å². The third-order valence-corrected chi connectivity index (χ3v) is 6.20. The third kappa shape index (κ3) is 4.66. The molecule has 0 saturated carbocycles. The van der Waals surface area contributed by atoms with Crippen LogP contribution in [0.3, 0.4) is 0 Å². The normalized spacial score (nSPS) is 11.0. The minimum atomic E-state index is -0.101. The zero-order valence-corrected chi connectivity index (χ0v) is 19.7. The quantitative estimate of drug-likeness (QED) is 0.390. The molecule has 0 aliphatic rings. The number of hydrogen-bond acceptors (Lipinski definition) is 5. The Labute approximate surface area is 192 Å². The van der Waals surface area contributed by atoms with Gasteiger partial charge in [0.15, 0.2) is 5.13 Å². The lowest BCUT2D eigenvalue weighted by Crippen LogP contribution is -2.37. The molecule has 0 atom stereocenters. The van der Waals surface area contributed by atoms with Gasteiger partial charge >= 0.3 is 0 Å². The van der Waals surface area contributed by atoms with Crippen LogP contribution < -0.4 is 9.64 Å². The van der Waals surface area contributed by atoms with Crippen LogP contribution in [-0.4, -0.2) is 50.1 Å². The molecule has 162 valence electrons. The van der Waals surface area contributed by atoms with E-state index < -0.39 is 0 Å². The van der Waals surface area contributed by atoms with Crippen molar-refractivity contribution in [1.82, 2.24) is 9.88 Å². The molecule has 0 aliphatic carbocycles. The molecule has 3 aromatic carbocycles. The minimum Gasteiger partial charge on any atom is -0.496 e. The van der Waals surface area contributed by atoms with Crippen molar-refractivity contribution in [1.29, 1.82) is 0 Å². The van der Waals surface area contributed by atoms with Gasteiger partial charge in [0.25, 0.3) is 5.91 Å². The van der Waals surface area contributed by atoms with Crippen LogP contribution in [0.2, 0.25) is 0 Å². The van der Waals surface area contributed by atoms with E-state index in [1.165, 1.54) is 0 Å². The Kier molecular flexibility index (Phi) is 7.15. The van der Waals surface area contributed by atoms with Crippen molar-refractivity contribution in [3.05, 3.63) is 65.7 Å². The van der Waals surface area contributed by atoms with E-state index in [9.17, 15) is 4.79 Å². The number of rotatable bonds is 6. The number of benzene rings is 3. The second-order valence-electron chi connectivity index (χ2n) is 7.58. The molecule has 0 saturated heterocycles. The number of aryl methyl sites for hydroxylation is 1. The number of hydrogen-bond donors (Lipinski definition) is 0. The van der Waals surface area contributed by atoms with Crippen molar-refractivity contribution in [2.75, 3.05) is 39.2 Å². The van der Waals surface area contributed by atoms with E-state index in [1.807, 2.05) is 69.6 Å². The van der Waals surface area contributed by atoms with Gasteiger partial charge in [-0.25, -0.2) is 4.98 Å². The maximum atomic E-state index is 13.7. The second-order valence-corrected chi connectivity index (χ2v) is 8.59. The number of carbonyl (C=O) groups excluding carboxylic acids is 1. The van der Waals surface area contributed by atoms with Crippen molar-refractivity contribution < 1.29 is 9.53 Å². The molecular formula is C24H26ClN3O2S. The van der Waals surface area contributed by atoms with Crippen LogP contribution in [-0.2, 0) is 0 Å². The van der Waals surface area contributed by atoms with E-state index in [2.05, 4.69) is 11.0 Å². The molecule has 4 rings (SSSR count). The molecule has 0 N–H and O–H groups in total. The number of nitrogens with zero attached hydrogens (tertiary/aromatic N) is 3. The number of carbonyl (C=O) groups is 1. The number of fused-ring (bicyclic) bond motifs is 2. The molecule has 1 aromatic heterocycles. The summed E-state index contributed by atoms with van der Waals surface area (Å²) in [6, 6.07) is 18.0. The fourth-order valence-corrected chi connectivity index (χ4v) is 4.54. The second kappa shape index (κ2) is 9.64.